The van der Waals surface area contributed by atoms with Crippen molar-refractivity contribution in [3.05, 3.63) is 0 Å². The molecule has 1 saturated heterocycles. The Bertz CT molecular complexity index is 296. The van der Waals surface area contributed by atoms with E-state index in [9.17, 15) is 4.79 Å². The highest BCUT2D eigenvalue weighted by Crippen LogP contribution is 2.41. The molecule has 0 aromatic carbocycles. The van der Waals surface area contributed by atoms with Crippen LogP contribution in [0.15, 0.2) is 0 Å². The summed E-state index contributed by atoms with van der Waals surface area (Å²) in [5.41, 5.74) is 5.12. The zero-order valence-corrected chi connectivity index (χ0v) is 10.1. The molecular formula is C11H18N2O2S. The minimum Gasteiger partial charge on any atom is -0.392 e. The van der Waals surface area contributed by atoms with Crippen LogP contribution in [-0.4, -0.2) is 30.7 Å². The molecule has 1 aliphatic heterocycles. The summed E-state index contributed by atoms with van der Waals surface area (Å²) >= 11 is 5.00. The van der Waals surface area contributed by atoms with Crippen molar-refractivity contribution < 1.29 is 9.53 Å². The molecule has 0 aromatic heterocycles. The van der Waals surface area contributed by atoms with Gasteiger partial charge in [-0.05, 0) is 19.3 Å². The molecule has 0 radical (unpaired) electrons. The van der Waals surface area contributed by atoms with Crippen LogP contribution < -0.4 is 11.1 Å². The quantitative estimate of drug-likeness (QED) is 0.708. The van der Waals surface area contributed by atoms with Crippen molar-refractivity contribution in [1.82, 2.24) is 5.32 Å². The summed E-state index contributed by atoms with van der Waals surface area (Å²) in [6.45, 7) is 2.24. The van der Waals surface area contributed by atoms with E-state index in [1.165, 1.54) is 0 Å². The van der Waals surface area contributed by atoms with Gasteiger partial charge in [0, 0.05) is 19.1 Å². The summed E-state index contributed by atoms with van der Waals surface area (Å²) in [6.07, 6.45) is 3.67. The smallest absolute Gasteiger partial charge is 0.233 e. The topological polar surface area (TPSA) is 64.4 Å². The van der Waals surface area contributed by atoms with Gasteiger partial charge in [0.2, 0.25) is 5.91 Å². The molecule has 0 spiro atoms. The van der Waals surface area contributed by atoms with Crippen LogP contribution >= 0.6 is 12.2 Å². The number of nitrogens with one attached hydrogen (secondary N) is 1. The summed E-state index contributed by atoms with van der Waals surface area (Å²) in [5.74, 6) is 0.463. The van der Waals surface area contributed by atoms with Crippen molar-refractivity contribution in [2.75, 3.05) is 19.8 Å². The second-order valence-electron chi connectivity index (χ2n) is 4.74. The maximum Gasteiger partial charge on any atom is 0.233 e. The Morgan fingerprint density at radius 3 is 2.75 bits per heavy atom. The second kappa shape index (κ2) is 4.67. The zero-order valence-electron chi connectivity index (χ0n) is 9.33. The van der Waals surface area contributed by atoms with Crippen molar-refractivity contribution in [2.45, 2.75) is 25.7 Å². The Kier molecular flexibility index (Phi) is 3.44. The minimum absolute atomic E-state index is 0.0122. The van der Waals surface area contributed by atoms with Crippen LogP contribution in [0.1, 0.15) is 25.7 Å². The van der Waals surface area contributed by atoms with E-state index in [1.807, 2.05) is 0 Å². The standard InChI is InChI=1S/C11H18N2O2S/c12-9(16)11(3-1-4-11)10(14)13-6-8-2-5-15-7-8/h8H,1-7H2,(H2,12,16)(H,13,14). The predicted molar refractivity (Wildman–Crippen MR) is 65.0 cm³/mol. The van der Waals surface area contributed by atoms with Gasteiger partial charge in [-0.3, -0.25) is 4.79 Å². The molecule has 1 aliphatic carbocycles. The maximum absolute atomic E-state index is 12.0. The highest BCUT2D eigenvalue weighted by Gasteiger charge is 2.46. The van der Waals surface area contributed by atoms with Crippen molar-refractivity contribution in [3.63, 3.8) is 0 Å². The van der Waals surface area contributed by atoms with Gasteiger partial charge in [-0.25, -0.2) is 0 Å². The molecule has 4 nitrogen and oxygen atoms in total. The molecule has 5 heteroatoms. The van der Waals surface area contributed by atoms with Crippen molar-refractivity contribution in [3.8, 4) is 0 Å². The zero-order chi connectivity index (χ0) is 11.6. The third-order valence-corrected chi connectivity index (χ3v) is 4.08. The van der Waals surface area contributed by atoms with Crippen LogP contribution in [0.4, 0.5) is 0 Å². The summed E-state index contributed by atoms with van der Waals surface area (Å²) in [5, 5.41) is 2.96. The summed E-state index contributed by atoms with van der Waals surface area (Å²) in [4.78, 5) is 12.4. The van der Waals surface area contributed by atoms with E-state index in [4.69, 9.17) is 22.7 Å². The average molecular weight is 242 g/mol. The van der Waals surface area contributed by atoms with Gasteiger partial charge in [0.05, 0.1) is 17.0 Å². The van der Waals surface area contributed by atoms with Crippen molar-refractivity contribution in [2.24, 2.45) is 17.1 Å². The maximum atomic E-state index is 12.0. The highest BCUT2D eigenvalue weighted by atomic mass is 32.1. The SMILES string of the molecule is NC(=S)C1(C(=O)NCC2CCOC2)CCC1. The Hall–Kier alpha value is -0.680. The Morgan fingerprint density at radius 2 is 2.31 bits per heavy atom. The fraction of sp³-hybridized carbons (Fsp3) is 0.818. The first-order valence-electron chi connectivity index (χ1n) is 5.81. The van der Waals surface area contributed by atoms with Crippen LogP contribution in [0.25, 0.3) is 0 Å². The summed E-state index contributed by atoms with van der Waals surface area (Å²) in [7, 11) is 0. The minimum atomic E-state index is -0.547. The third kappa shape index (κ3) is 2.06. The van der Waals surface area contributed by atoms with Gasteiger partial charge in [0.15, 0.2) is 0 Å². The van der Waals surface area contributed by atoms with Gasteiger partial charge < -0.3 is 15.8 Å². The molecule has 1 unspecified atom stereocenters. The fourth-order valence-corrected chi connectivity index (χ4v) is 2.56. The predicted octanol–water partition coefficient (Wildman–Crippen LogP) is 0.595. The molecule has 1 saturated carbocycles. The first-order chi connectivity index (χ1) is 7.65. The molecule has 90 valence electrons. The molecule has 3 N–H and O–H groups in total. The van der Waals surface area contributed by atoms with E-state index in [-0.39, 0.29) is 5.91 Å². The van der Waals surface area contributed by atoms with Crippen LogP contribution in [-0.2, 0) is 9.53 Å². The molecular weight excluding hydrogens is 224 g/mol. The second-order valence-corrected chi connectivity index (χ2v) is 5.18. The van der Waals surface area contributed by atoms with E-state index < -0.39 is 5.41 Å². The monoisotopic (exact) mass is 242 g/mol. The number of carbonyl (C=O) groups excluding carboxylic acids is 1. The molecule has 1 heterocycles. The van der Waals surface area contributed by atoms with Gasteiger partial charge in [0.1, 0.15) is 0 Å². The van der Waals surface area contributed by atoms with Crippen LogP contribution in [0.5, 0.6) is 0 Å². The molecule has 0 bridgehead atoms. The van der Waals surface area contributed by atoms with Crippen molar-refractivity contribution >= 4 is 23.1 Å². The molecule has 16 heavy (non-hydrogen) atoms. The third-order valence-electron chi connectivity index (χ3n) is 3.69. The number of rotatable bonds is 4. The molecule has 1 atom stereocenters. The van der Waals surface area contributed by atoms with E-state index in [2.05, 4.69) is 5.32 Å². The van der Waals surface area contributed by atoms with Crippen LogP contribution in [0.3, 0.4) is 0 Å². The Morgan fingerprint density at radius 1 is 1.56 bits per heavy atom. The van der Waals surface area contributed by atoms with Crippen LogP contribution in [0.2, 0.25) is 0 Å². The lowest BCUT2D eigenvalue weighted by atomic mass is 9.68. The number of ether oxygens (including phenoxy) is 1. The van der Waals surface area contributed by atoms with Gasteiger partial charge in [0.25, 0.3) is 0 Å². The lowest BCUT2D eigenvalue weighted by molar-refractivity contribution is -0.131. The summed E-state index contributed by atoms with van der Waals surface area (Å²) < 4.78 is 5.26. The number of thiocarbonyl (C=S) groups is 1. The molecule has 0 aromatic rings. The highest BCUT2D eigenvalue weighted by molar-refractivity contribution is 7.80. The molecule has 1 amide bonds. The van der Waals surface area contributed by atoms with E-state index >= 15 is 0 Å². The normalized spacial score (nSPS) is 27.1. The number of hydrogen-bond acceptors (Lipinski definition) is 3. The lowest BCUT2D eigenvalue weighted by Gasteiger charge is -2.39. The Balaban J connectivity index is 1.84. The summed E-state index contributed by atoms with van der Waals surface area (Å²) in [6, 6.07) is 0. The number of hydrogen-bond donors (Lipinski definition) is 2. The largest absolute Gasteiger partial charge is 0.392 e. The average Bonchev–Trinajstić information content (AvgIpc) is 2.64. The van der Waals surface area contributed by atoms with E-state index in [1.54, 1.807) is 0 Å². The fourth-order valence-electron chi connectivity index (χ4n) is 2.27. The molecule has 2 fully saturated rings. The lowest BCUT2D eigenvalue weighted by Crippen LogP contribution is -2.53. The van der Waals surface area contributed by atoms with Gasteiger partial charge in [-0.15, -0.1) is 0 Å². The number of carbonyl (C=O) groups is 1. The van der Waals surface area contributed by atoms with Crippen molar-refractivity contribution in [1.29, 1.82) is 0 Å². The van der Waals surface area contributed by atoms with E-state index in [0.29, 0.717) is 17.5 Å². The van der Waals surface area contributed by atoms with Gasteiger partial charge >= 0.3 is 0 Å². The van der Waals surface area contributed by atoms with Gasteiger partial charge in [-0.2, -0.15) is 0 Å². The Labute approximate surface area is 101 Å². The van der Waals surface area contributed by atoms with Crippen LogP contribution in [0, 0.1) is 11.3 Å². The first kappa shape index (κ1) is 11.8. The van der Waals surface area contributed by atoms with Gasteiger partial charge in [-0.1, -0.05) is 18.6 Å². The molecule has 2 rings (SSSR count). The number of nitrogens with two attached hydrogens (primary N) is 1. The first-order valence-corrected chi connectivity index (χ1v) is 6.22. The number of amides is 1. The molecule has 2 aliphatic rings. The van der Waals surface area contributed by atoms with E-state index in [0.717, 1.165) is 38.9 Å².